The van der Waals surface area contributed by atoms with Crippen molar-refractivity contribution in [2.75, 3.05) is 0 Å². The molecule has 0 aliphatic carbocycles. The fraction of sp³-hybridized carbons (Fsp3) is 0.200. The maximum atomic E-state index is 10.6. The molecule has 0 aliphatic heterocycles. The van der Waals surface area contributed by atoms with Crippen LogP contribution in [0.4, 0.5) is 11.6 Å². The minimum absolute atomic E-state index is 0.0952. The van der Waals surface area contributed by atoms with Crippen LogP contribution < -0.4 is 0 Å². The molecule has 0 saturated carbocycles. The maximum Gasteiger partial charge on any atom is 0.490 e. The van der Waals surface area contributed by atoms with Crippen LogP contribution in [0.5, 0.6) is 0 Å². The zero-order valence-corrected chi connectivity index (χ0v) is 9.99. The highest BCUT2D eigenvalue weighted by molar-refractivity contribution is 5.35. The van der Waals surface area contributed by atoms with Gasteiger partial charge in [-0.25, -0.2) is 0 Å². The van der Waals surface area contributed by atoms with Crippen LogP contribution >= 0.6 is 0 Å². The van der Waals surface area contributed by atoms with Gasteiger partial charge in [0.25, 0.3) is 5.69 Å². The van der Waals surface area contributed by atoms with Crippen LogP contribution in [0.25, 0.3) is 0 Å². The number of benzene rings is 1. The summed E-state index contributed by atoms with van der Waals surface area (Å²) in [6.45, 7) is -0.0952. The molecule has 1 aromatic carbocycles. The second-order valence-corrected chi connectivity index (χ2v) is 3.89. The van der Waals surface area contributed by atoms with Crippen LogP contribution in [-0.4, -0.2) is 29.7 Å². The molecule has 0 saturated heterocycles. The number of aliphatic hydroxyl groups is 1. The van der Waals surface area contributed by atoms with E-state index in [0.717, 1.165) is 11.0 Å². The smallest absolute Gasteiger partial charge is 0.390 e. The van der Waals surface area contributed by atoms with E-state index in [1.807, 2.05) is 0 Å². The quantitative estimate of drug-likeness (QED) is 0.631. The van der Waals surface area contributed by atoms with Crippen molar-refractivity contribution in [1.82, 2.24) is 14.8 Å². The molecular formula is C10H9N5O5. The Morgan fingerprint density at radius 2 is 2.05 bits per heavy atom. The van der Waals surface area contributed by atoms with Crippen molar-refractivity contribution in [2.24, 2.45) is 0 Å². The van der Waals surface area contributed by atoms with Crippen molar-refractivity contribution in [2.45, 2.75) is 12.6 Å². The fourth-order valence-electron chi connectivity index (χ4n) is 1.58. The standard InChI is InChI=1S/C10H9N5O5/c16-9(5-13-6-11-10(12-13)15(19)20)7-2-1-3-8(4-7)14(17)18/h1-4,6,9,16H,5H2. The number of hydrogen-bond donors (Lipinski definition) is 1. The SMILES string of the molecule is O=[N+]([O-])c1cccc(C(O)Cn2cnc([N+](=O)[O-])n2)c1. The summed E-state index contributed by atoms with van der Waals surface area (Å²) in [5.74, 6) is -0.573. The zero-order chi connectivity index (χ0) is 14.7. The molecule has 2 aromatic rings. The van der Waals surface area contributed by atoms with Gasteiger partial charge in [-0.15, -0.1) is 0 Å². The molecule has 20 heavy (non-hydrogen) atoms. The Kier molecular flexibility index (Phi) is 3.66. The number of non-ortho nitro benzene ring substituents is 1. The number of aromatic nitrogens is 3. The van der Waals surface area contributed by atoms with Crippen LogP contribution in [0.1, 0.15) is 11.7 Å². The molecule has 104 valence electrons. The largest absolute Gasteiger partial charge is 0.490 e. The van der Waals surface area contributed by atoms with Gasteiger partial charge < -0.3 is 15.2 Å². The lowest BCUT2D eigenvalue weighted by molar-refractivity contribution is -0.394. The Bertz CT molecular complexity index is 655. The molecule has 2 rings (SSSR count). The van der Waals surface area contributed by atoms with E-state index in [1.54, 1.807) is 0 Å². The molecule has 1 aromatic heterocycles. The topological polar surface area (TPSA) is 137 Å². The molecule has 1 N–H and O–H groups in total. The van der Waals surface area contributed by atoms with E-state index in [1.165, 1.54) is 24.3 Å². The van der Waals surface area contributed by atoms with Crippen LogP contribution in [0.2, 0.25) is 0 Å². The van der Waals surface area contributed by atoms with E-state index >= 15 is 0 Å². The third-order valence-electron chi connectivity index (χ3n) is 2.51. The molecule has 10 nitrogen and oxygen atoms in total. The molecule has 0 aliphatic rings. The summed E-state index contributed by atoms with van der Waals surface area (Å²) >= 11 is 0. The van der Waals surface area contributed by atoms with E-state index < -0.39 is 21.9 Å². The molecule has 0 fully saturated rings. The van der Waals surface area contributed by atoms with Crippen molar-refractivity contribution in [1.29, 1.82) is 0 Å². The highest BCUT2D eigenvalue weighted by Crippen LogP contribution is 2.20. The predicted octanol–water partition coefficient (Wildman–Crippen LogP) is 0.828. The van der Waals surface area contributed by atoms with E-state index in [9.17, 15) is 25.3 Å². The lowest BCUT2D eigenvalue weighted by Gasteiger charge is -2.08. The molecule has 1 heterocycles. The monoisotopic (exact) mass is 279 g/mol. The Morgan fingerprint density at radius 3 is 2.65 bits per heavy atom. The van der Waals surface area contributed by atoms with Gasteiger partial charge in [0.2, 0.25) is 6.33 Å². The van der Waals surface area contributed by atoms with Crippen LogP contribution in [0.3, 0.4) is 0 Å². The first kappa shape index (κ1) is 13.5. The molecule has 1 atom stereocenters. The van der Waals surface area contributed by atoms with Crippen LogP contribution in [0, 0.1) is 20.2 Å². The van der Waals surface area contributed by atoms with Crippen molar-refractivity contribution in [3.63, 3.8) is 0 Å². The summed E-state index contributed by atoms with van der Waals surface area (Å²) < 4.78 is 1.10. The minimum Gasteiger partial charge on any atom is -0.390 e. The van der Waals surface area contributed by atoms with E-state index in [0.29, 0.717) is 5.56 Å². The second kappa shape index (κ2) is 5.40. The minimum atomic E-state index is -1.09. The Labute approximate surface area is 111 Å². The lowest BCUT2D eigenvalue weighted by Crippen LogP contribution is -2.09. The summed E-state index contributed by atoms with van der Waals surface area (Å²) in [5, 5.41) is 34.5. The summed E-state index contributed by atoms with van der Waals surface area (Å²) in [4.78, 5) is 23.2. The van der Waals surface area contributed by atoms with Crippen LogP contribution in [-0.2, 0) is 6.54 Å². The molecule has 0 spiro atoms. The predicted molar refractivity (Wildman–Crippen MR) is 64.7 cm³/mol. The molecular weight excluding hydrogens is 270 g/mol. The maximum absolute atomic E-state index is 10.6. The normalized spacial score (nSPS) is 12.1. The van der Waals surface area contributed by atoms with Gasteiger partial charge in [0.05, 0.1) is 11.5 Å². The first-order valence-corrected chi connectivity index (χ1v) is 5.43. The van der Waals surface area contributed by atoms with Gasteiger partial charge in [0, 0.05) is 17.2 Å². The Balaban J connectivity index is 2.14. The van der Waals surface area contributed by atoms with E-state index in [-0.39, 0.29) is 12.2 Å². The summed E-state index contributed by atoms with van der Waals surface area (Å²) in [6.07, 6.45) is 0.0230. The van der Waals surface area contributed by atoms with Gasteiger partial charge in [-0.05, 0) is 10.5 Å². The molecule has 0 radical (unpaired) electrons. The Morgan fingerprint density at radius 1 is 1.30 bits per heavy atom. The molecule has 0 bridgehead atoms. The number of rotatable bonds is 5. The van der Waals surface area contributed by atoms with Gasteiger partial charge >= 0.3 is 5.95 Å². The van der Waals surface area contributed by atoms with E-state index in [2.05, 4.69) is 10.1 Å². The highest BCUT2D eigenvalue weighted by Gasteiger charge is 2.18. The third-order valence-corrected chi connectivity index (χ3v) is 2.51. The van der Waals surface area contributed by atoms with Crippen molar-refractivity contribution < 1.29 is 15.0 Å². The van der Waals surface area contributed by atoms with Crippen molar-refractivity contribution in [3.05, 3.63) is 56.4 Å². The summed E-state index contributed by atoms with van der Waals surface area (Å²) in [7, 11) is 0. The van der Waals surface area contributed by atoms with Crippen molar-refractivity contribution >= 4 is 11.6 Å². The second-order valence-electron chi connectivity index (χ2n) is 3.89. The van der Waals surface area contributed by atoms with E-state index in [4.69, 9.17) is 0 Å². The number of nitrogens with zero attached hydrogens (tertiary/aromatic N) is 5. The molecule has 0 amide bonds. The third kappa shape index (κ3) is 2.92. The lowest BCUT2D eigenvalue weighted by atomic mass is 10.1. The zero-order valence-electron chi connectivity index (χ0n) is 9.99. The summed E-state index contributed by atoms with van der Waals surface area (Å²) in [6, 6.07) is 5.50. The average molecular weight is 279 g/mol. The van der Waals surface area contributed by atoms with Gasteiger partial charge in [0.15, 0.2) is 0 Å². The van der Waals surface area contributed by atoms with Gasteiger partial charge in [-0.1, -0.05) is 17.1 Å². The number of nitro benzene ring substituents is 1. The fourth-order valence-corrected chi connectivity index (χ4v) is 1.58. The first-order valence-electron chi connectivity index (χ1n) is 5.43. The average Bonchev–Trinajstić information content (AvgIpc) is 2.87. The van der Waals surface area contributed by atoms with Gasteiger partial charge in [-0.3, -0.25) is 10.1 Å². The number of hydrogen-bond acceptors (Lipinski definition) is 7. The van der Waals surface area contributed by atoms with Crippen LogP contribution in [0.15, 0.2) is 30.6 Å². The van der Waals surface area contributed by atoms with Gasteiger partial charge in [-0.2, -0.15) is 4.68 Å². The number of aliphatic hydroxyl groups excluding tert-OH is 1. The Hall–Kier alpha value is -2.88. The first-order chi connectivity index (χ1) is 9.47. The molecule has 1 unspecified atom stereocenters. The molecule has 10 heteroatoms. The highest BCUT2D eigenvalue weighted by atomic mass is 16.6. The number of nitro groups is 2. The van der Waals surface area contributed by atoms with Gasteiger partial charge in [0.1, 0.15) is 6.10 Å². The van der Waals surface area contributed by atoms with Crippen molar-refractivity contribution in [3.8, 4) is 0 Å². The summed E-state index contributed by atoms with van der Waals surface area (Å²) in [5.41, 5.74) is 0.170.